The first-order valence-electron chi connectivity index (χ1n) is 16.7. The lowest BCUT2D eigenvalue weighted by Crippen LogP contribution is -2.43. The number of hydrogen-bond donors (Lipinski definition) is 2. The molecule has 1 saturated heterocycles. The molecular formula is C38H40F2N6O4. The fourth-order valence-electron chi connectivity index (χ4n) is 5.93. The highest BCUT2D eigenvalue weighted by molar-refractivity contribution is 5.96. The fourth-order valence-corrected chi connectivity index (χ4v) is 5.93. The number of imidazole rings is 1. The Kier molecular flexibility index (Phi) is 9.98. The molecule has 0 aliphatic carbocycles. The first-order valence-corrected chi connectivity index (χ1v) is 16.7. The predicted octanol–water partition coefficient (Wildman–Crippen LogP) is 8.15. The molecule has 2 amide bonds. The van der Waals surface area contributed by atoms with Crippen molar-refractivity contribution in [2.24, 2.45) is 5.92 Å². The van der Waals surface area contributed by atoms with Crippen LogP contribution in [0.3, 0.4) is 0 Å². The van der Waals surface area contributed by atoms with Gasteiger partial charge in [-0.1, -0.05) is 25.1 Å². The van der Waals surface area contributed by atoms with E-state index < -0.39 is 17.2 Å². The molecule has 260 valence electrons. The maximum absolute atomic E-state index is 15.4. The summed E-state index contributed by atoms with van der Waals surface area (Å²) in [5.74, 6) is -1.48. The molecule has 2 aromatic heterocycles. The molecule has 0 bridgehead atoms. The lowest BCUT2D eigenvalue weighted by Gasteiger charge is -2.33. The van der Waals surface area contributed by atoms with Crippen LogP contribution in [0.15, 0.2) is 79.3 Å². The van der Waals surface area contributed by atoms with Gasteiger partial charge in [0.05, 0.1) is 11.9 Å². The van der Waals surface area contributed by atoms with Crippen LogP contribution in [0.25, 0.3) is 16.9 Å². The second-order valence-corrected chi connectivity index (χ2v) is 13.2. The third kappa shape index (κ3) is 7.69. The second kappa shape index (κ2) is 14.5. The van der Waals surface area contributed by atoms with Crippen molar-refractivity contribution in [2.75, 3.05) is 25.0 Å². The number of piperidine rings is 1. The highest BCUT2D eigenvalue weighted by atomic mass is 19.2. The van der Waals surface area contributed by atoms with Gasteiger partial charge < -0.3 is 25.0 Å². The molecule has 0 saturated carbocycles. The molecule has 3 aromatic carbocycles. The summed E-state index contributed by atoms with van der Waals surface area (Å²) in [6, 6.07) is 16.9. The minimum Gasteiger partial charge on any atom is -0.454 e. The van der Waals surface area contributed by atoms with E-state index in [1.807, 2.05) is 33.8 Å². The van der Waals surface area contributed by atoms with E-state index in [0.717, 1.165) is 18.4 Å². The number of aryl methyl sites for hydroxylation is 1. The van der Waals surface area contributed by atoms with Crippen molar-refractivity contribution in [2.45, 2.75) is 52.6 Å². The summed E-state index contributed by atoms with van der Waals surface area (Å²) in [6.45, 7) is 9.24. The largest absolute Gasteiger partial charge is 0.454 e. The van der Waals surface area contributed by atoms with Gasteiger partial charge in [0.2, 0.25) is 5.82 Å². The van der Waals surface area contributed by atoms with E-state index >= 15 is 8.78 Å². The maximum atomic E-state index is 15.4. The summed E-state index contributed by atoms with van der Waals surface area (Å²) in [5.41, 5.74) is 2.35. The van der Waals surface area contributed by atoms with Crippen LogP contribution in [-0.2, 0) is 11.2 Å². The van der Waals surface area contributed by atoms with Gasteiger partial charge in [0, 0.05) is 48.8 Å². The Morgan fingerprint density at radius 2 is 1.74 bits per heavy atom. The summed E-state index contributed by atoms with van der Waals surface area (Å²) < 4.78 is 43.1. The Morgan fingerprint density at radius 1 is 0.980 bits per heavy atom. The molecular weight excluding hydrogens is 642 g/mol. The van der Waals surface area contributed by atoms with E-state index in [1.54, 1.807) is 64.2 Å². The minimum absolute atomic E-state index is 0.0183. The quantitative estimate of drug-likeness (QED) is 0.162. The molecule has 1 fully saturated rings. The summed E-state index contributed by atoms with van der Waals surface area (Å²) in [7, 11) is 0. The lowest BCUT2D eigenvalue weighted by molar-refractivity contribution is 0.0183. The number of para-hydroxylation sites is 1. The molecule has 2 N–H and O–H groups in total. The molecule has 1 aliphatic heterocycles. The average molecular weight is 683 g/mol. The normalized spacial score (nSPS) is 13.7. The Bertz CT molecular complexity index is 2000. The van der Waals surface area contributed by atoms with E-state index in [9.17, 15) is 9.59 Å². The summed E-state index contributed by atoms with van der Waals surface area (Å²) in [5, 5.41) is 6.35. The molecule has 0 unspecified atom stereocenters. The molecule has 5 aromatic rings. The van der Waals surface area contributed by atoms with Crippen LogP contribution in [-0.4, -0.2) is 56.5 Å². The van der Waals surface area contributed by atoms with Crippen molar-refractivity contribution in [1.29, 1.82) is 0 Å². The van der Waals surface area contributed by atoms with E-state index in [-0.39, 0.29) is 29.2 Å². The molecule has 0 spiro atoms. The summed E-state index contributed by atoms with van der Waals surface area (Å²) in [4.78, 5) is 36.2. The van der Waals surface area contributed by atoms with Crippen LogP contribution in [0.2, 0.25) is 0 Å². The first kappa shape index (κ1) is 34.3. The number of ether oxygens (including phenoxy) is 2. The standard InChI is InChI=1S/C38H40F2N6O4/c1-5-25-21-26(11-12-28(25)36(47)43-22-24-15-18-45(19-16-24)37(48)50-38(2,3)4)44-34-35-42-23-30(46(35)20-17-41-34)29-13-14-31(33(40)32(29)39)49-27-9-7-6-8-10-27/h6-14,17,20-21,23-24H,5,15-16,18-19,22H2,1-4H3,(H,41,44)(H,43,47). The maximum Gasteiger partial charge on any atom is 0.410 e. The summed E-state index contributed by atoms with van der Waals surface area (Å²) >= 11 is 0. The number of carbonyl (C=O) groups excluding carboxylic acids is 2. The molecule has 6 rings (SSSR count). The third-order valence-corrected chi connectivity index (χ3v) is 8.53. The van der Waals surface area contributed by atoms with Crippen molar-refractivity contribution >= 4 is 29.2 Å². The molecule has 1 aliphatic rings. The Balaban J connectivity index is 1.12. The van der Waals surface area contributed by atoms with Gasteiger partial charge in [0.15, 0.2) is 23.0 Å². The summed E-state index contributed by atoms with van der Waals surface area (Å²) in [6.07, 6.45) is 6.52. The van der Waals surface area contributed by atoms with Crippen LogP contribution >= 0.6 is 0 Å². The number of anilines is 2. The zero-order valence-corrected chi connectivity index (χ0v) is 28.5. The van der Waals surface area contributed by atoms with E-state index in [4.69, 9.17) is 9.47 Å². The average Bonchev–Trinajstić information content (AvgIpc) is 3.54. The van der Waals surface area contributed by atoms with Crippen molar-refractivity contribution in [3.63, 3.8) is 0 Å². The van der Waals surface area contributed by atoms with Gasteiger partial charge in [-0.3, -0.25) is 9.20 Å². The number of carbonyl (C=O) groups is 2. The molecule has 50 heavy (non-hydrogen) atoms. The van der Waals surface area contributed by atoms with Crippen LogP contribution in [0.5, 0.6) is 11.5 Å². The monoisotopic (exact) mass is 682 g/mol. The Hall–Kier alpha value is -5.52. The Labute approximate surface area is 289 Å². The van der Waals surface area contributed by atoms with E-state index in [0.29, 0.717) is 60.2 Å². The van der Waals surface area contributed by atoms with Gasteiger partial charge in [-0.15, -0.1) is 0 Å². The van der Waals surface area contributed by atoms with E-state index in [2.05, 4.69) is 20.6 Å². The van der Waals surface area contributed by atoms with Crippen molar-refractivity contribution in [3.05, 3.63) is 102 Å². The number of amides is 2. The first-order chi connectivity index (χ1) is 24.0. The molecule has 0 radical (unpaired) electrons. The molecule has 0 atom stereocenters. The van der Waals surface area contributed by atoms with Gasteiger partial charge in [-0.2, -0.15) is 4.39 Å². The number of likely N-dealkylation sites (tertiary alicyclic amines) is 1. The molecule has 10 nitrogen and oxygen atoms in total. The van der Waals surface area contributed by atoms with E-state index in [1.165, 1.54) is 18.3 Å². The number of benzene rings is 3. The number of nitrogens with zero attached hydrogens (tertiary/aromatic N) is 4. The SMILES string of the molecule is CCc1cc(Nc2nccn3c(-c4ccc(Oc5ccccc5)c(F)c4F)cnc23)ccc1C(=O)NCC1CCN(C(=O)OC(C)(C)C)CC1. The van der Waals surface area contributed by atoms with Crippen LogP contribution in [0.1, 0.15) is 56.5 Å². The number of hydrogen-bond acceptors (Lipinski definition) is 7. The number of nitrogens with one attached hydrogen (secondary N) is 2. The number of aromatic nitrogens is 3. The van der Waals surface area contributed by atoms with Gasteiger partial charge in [0.1, 0.15) is 11.4 Å². The van der Waals surface area contributed by atoms with Crippen molar-refractivity contribution in [3.8, 4) is 22.8 Å². The number of fused-ring (bicyclic) bond motifs is 1. The topological polar surface area (TPSA) is 110 Å². The lowest BCUT2D eigenvalue weighted by atomic mass is 9.96. The smallest absolute Gasteiger partial charge is 0.410 e. The minimum atomic E-state index is -1.10. The Morgan fingerprint density at radius 3 is 2.46 bits per heavy atom. The fraction of sp³-hybridized carbons (Fsp3) is 0.316. The van der Waals surface area contributed by atoms with Gasteiger partial charge >= 0.3 is 6.09 Å². The van der Waals surface area contributed by atoms with Crippen molar-refractivity contribution in [1.82, 2.24) is 24.6 Å². The highest BCUT2D eigenvalue weighted by Crippen LogP contribution is 2.34. The molecule has 3 heterocycles. The van der Waals surface area contributed by atoms with Gasteiger partial charge in [0.25, 0.3) is 5.91 Å². The highest BCUT2D eigenvalue weighted by Gasteiger charge is 2.27. The van der Waals surface area contributed by atoms with Gasteiger partial charge in [-0.05, 0) is 94.0 Å². The van der Waals surface area contributed by atoms with Crippen LogP contribution < -0.4 is 15.4 Å². The van der Waals surface area contributed by atoms with Crippen LogP contribution in [0.4, 0.5) is 25.1 Å². The second-order valence-electron chi connectivity index (χ2n) is 13.2. The van der Waals surface area contributed by atoms with Gasteiger partial charge in [-0.25, -0.2) is 19.2 Å². The van der Waals surface area contributed by atoms with Crippen LogP contribution in [0, 0.1) is 17.6 Å². The number of rotatable bonds is 9. The number of halogens is 2. The van der Waals surface area contributed by atoms with Crippen molar-refractivity contribution < 1.29 is 27.8 Å². The molecule has 12 heteroatoms. The zero-order valence-electron chi connectivity index (χ0n) is 28.5. The predicted molar refractivity (Wildman–Crippen MR) is 187 cm³/mol. The zero-order chi connectivity index (χ0) is 35.4. The third-order valence-electron chi connectivity index (χ3n) is 8.53.